The Kier molecular flexibility index (Phi) is 8.44. The van der Waals surface area contributed by atoms with E-state index < -0.39 is 30.0 Å². The minimum atomic E-state index is -4.62. The van der Waals surface area contributed by atoms with E-state index in [-0.39, 0.29) is 30.7 Å². The first-order valence-corrected chi connectivity index (χ1v) is 10.5. The molecule has 2 rings (SSSR count). The van der Waals surface area contributed by atoms with Crippen LogP contribution in [0.3, 0.4) is 0 Å². The highest BCUT2D eigenvalue weighted by Gasteiger charge is 2.39. The smallest absolute Gasteiger partial charge is 0.399 e. The molecule has 0 spiro atoms. The summed E-state index contributed by atoms with van der Waals surface area (Å²) in [6, 6.07) is 5.33. The summed E-state index contributed by atoms with van der Waals surface area (Å²) in [5.74, 6) is -3.85. The number of carboxylic acids is 1. The Morgan fingerprint density at radius 1 is 1.13 bits per heavy atom. The van der Waals surface area contributed by atoms with Gasteiger partial charge in [-0.25, -0.2) is 0 Å². The van der Waals surface area contributed by atoms with Gasteiger partial charge in [0.1, 0.15) is 6.04 Å². The van der Waals surface area contributed by atoms with E-state index in [2.05, 4.69) is 21.2 Å². The maximum Gasteiger partial charge on any atom is 0.399 e. The Balaban J connectivity index is 2.32. The number of hydrogen-bond acceptors (Lipinski definition) is 2. The standard InChI is InChI=1S/C20H14BrCl3F3NO3/c1-9(19(30)31)28-18(29)12-4-2-10(6-14(12)21)3-5-13(20(25,26)27)11-7-15(22)17(24)16(23)8-11/h2-9,13H,1H3,(H,28,29)(H,30,31)/b5-3+/t9-,13?/m1/s1. The van der Waals surface area contributed by atoms with Crippen LogP contribution in [0, 0.1) is 0 Å². The van der Waals surface area contributed by atoms with Crippen molar-refractivity contribution in [2.45, 2.75) is 25.1 Å². The van der Waals surface area contributed by atoms with Crippen LogP contribution in [0.2, 0.25) is 15.1 Å². The van der Waals surface area contributed by atoms with Crippen LogP contribution in [-0.2, 0) is 4.79 Å². The lowest BCUT2D eigenvalue weighted by Gasteiger charge is -2.18. The molecule has 1 unspecified atom stereocenters. The summed E-state index contributed by atoms with van der Waals surface area (Å²) >= 11 is 20.7. The third-order valence-corrected chi connectivity index (χ3v) is 6.01. The van der Waals surface area contributed by atoms with E-state index in [1.54, 1.807) is 0 Å². The monoisotopic (exact) mass is 557 g/mol. The quantitative estimate of drug-likeness (QED) is 0.376. The van der Waals surface area contributed by atoms with Crippen molar-refractivity contribution in [3.63, 3.8) is 0 Å². The first kappa shape index (κ1) is 25.5. The van der Waals surface area contributed by atoms with E-state index in [0.29, 0.717) is 5.56 Å². The summed E-state index contributed by atoms with van der Waals surface area (Å²) in [6.07, 6.45) is -2.45. The molecular formula is C20H14BrCl3F3NO3. The second kappa shape index (κ2) is 10.3. The molecule has 0 saturated heterocycles. The van der Waals surface area contributed by atoms with Gasteiger partial charge in [0.2, 0.25) is 0 Å². The van der Waals surface area contributed by atoms with Crippen LogP contribution in [0.1, 0.15) is 34.3 Å². The molecule has 0 bridgehead atoms. The molecular weight excluding hydrogens is 545 g/mol. The number of amides is 1. The maximum atomic E-state index is 13.6. The van der Waals surface area contributed by atoms with Crippen LogP contribution >= 0.6 is 50.7 Å². The number of alkyl halides is 3. The van der Waals surface area contributed by atoms with Gasteiger partial charge < -0.3 is 10.4 Å². The molecule has 0 aromatic heterocycles. The fourth-order valence-electron chi connectivity index (χ4n) is 2.53. The third-order valence-electron chi connectivity index (χ3n) is 4.15. The van der Waals surface area contributed by atoms with Gasteiger partial charge in [0.25, 0.3) is 5.91 Å². The summed E-state index contributed by atoms with van der Waals surface area (Å²) < 4.78 is 41.2. The fraction of sp³-hybridized carbons (Fsp3) is 0.200. The molecule has 2 atom stereocenters. The van der Waals surface area contributed by atoms with Gasteiger partial charge in [0.15, 0.2) is 0 Å². The summed E-state index contributed by atoms with van der Waals surface area (Å²) in [6.45, 7) is 1.30. The first-order valence-electron chi connectivity index (χ1n) is 8.53. The lowest BCUT2D eigenvalue weighted by Crippen LogP contribution is -2.38. The Morgan fingerprint density at radius 2 is 1.71 bits per heavy atom. The number of nitrogens with one attached hydrogen (secondary N) is 1. The number of allylic oxidation sites excluding steroid dienone is 1. The molecule has 2 aromatic carbocycles. The zero-order valence-corrected chi connectivity index (χ0v) is 19.5. The predicted octanol–water partition coefficient (Wildman–Crippen LogP) is 6.97. The van der Waals surface area contributed by atoms with Crippen molar-refractivity contribution in [3.8, 4) is 0 Å². The minimum Gasteiger partial charge on any atom is -0.480 e. The second-order valence-corrected chi connectivity index (χ2v) is 8.50. The molecule has 2 aromatic rings. The predicted molar refractivity (Wildman–Crippen MR) is 118 cm³/mol. The van der Waals surface area contributed by atoms with Gasteiger partial charge in [-0.05, 0) is 58.2 Å². The highest BCUT2D eigenvalue weighted by atomic mass is 79.9. The highest BCUT2D eigenvalue weighted by Crippen LogP contribution is 2.41. The van der Waals surface area contributed by atoms with Gasteiger partial charge in [0.05, 0.1) is 26.5 Å². The Labute approximate surface area is 199 Å². The van der Waals surface area contributed by atoms with E-state index in [1.165, 1.54) is 31.2 Å². The van der Waals surface area contributed by atoms with Crippen LogP contribution in [0.4, 0.5) is 13.2 Å². The van der Waals surface area contributed by atoms with Crippen molar-refractivity contribution in [1.29, 1.82) is 0 Å². The highest BCUT2D eigenvalue weighted by molar-refractivity contribution is 9.10. The van der Waals surface area contributed by atoms with Crippen molar-refractivity contribution in [1.82, 2.24) is 5.32 Å². The molecule has 0 aliphatic carbocycles. The van der Waals surface area contributed by atoms with Crippen LogP contribution in [-0.4, -0.2) is 29.2 Å². The number of carboxylic acid groups (broad SMARTS) is 1. The van der Waals surface area contributed by atoms with Crippen molar-refractivity contribution < 1.29 is 27.9 Å². The van der Waals surface area contributed by atoms with Crippen molar-refractivity contribution in [2.24, 2.45) is 0 Å². The Bertz CT molecular complexity index is 1020. The van der Waals surface area contributed by atoms with Crippen LogP contribution < -0.4 is 5.32 Å². The SMILES string of the molecule is C[C@@H](NC(=O)c1ccc(/C=C/C(c2cc(Cl)c(Cl)c(Cl)c2)C(F)(F)F)cc1Br)C(=O)O. The lowest BCUT2D eigenvalue weighted by atomic mass is 9.97. The van der Waals surface area contributed by atoms with Crippen LogP contribution in [0.5, 0.6) is 0 Å². The molecule has 166 valence electrons. The molecule has 0 aliphatic heterocycles. The lowest BCUT2D eigenvalue weighted by molar-refractivity contribution is -0.140. The molecule has 0 aliphatic rings. The molecule has 1 amide bonds. The summed E-state index contributed by atoms with van der Waals surface area (Å²) in [4.78, 5) is 23.0. The van der Waals surface area contributed by atoms with Crippen LogP contribution in [0.15, 0.2) is 40.9 Å². The van der Waals surface area contributed by atoms with E-state index in [0.717, 1.165) is 18.2 Å². The fourth-order valence-corrected chi connectivity index (χ4v) is 3.72. The average molecular weight is 560 g/mol. The molecule has 31 heavy (non-hydrogen) atoms. The summed E-state index contributed by atoms with van der Waals surface area (Å²) in [7, 11) is 0. The number of benzene rings is 2. The topological polar surface area (TPSA) is 66.4 Å². The summed E-state index contributed by atoms with van der Waals surface area (Å²) in [5, 5.41) is 10.9. The van der Waals surface area contributed by atoms with E-state index in [4.69, 9.17) is 39.9 Å². The Hall–Kier alpha value is -1.74. The molecule has 0 radical (unpaired) electrons. The van der Waals surface area contributed by atoms with Gasteiger partial charge in [-0.15, -0.1) is 0 Å². The van der Waals surface area contributed by atoms with Crippen LogP contribution in [0.25, 0.3) is 6.08 Å². The number of carbonyl (C=O) groups excluding carboxylic acids is 1. The molecule has 0 saturated carbocycles. The number of hydrogen-bond donors (Lipinski definition) is 2. The molecule has 2 N–H and O–H groups in total. The van der Waals surface area contributed by atoms with Gasteiger partial charge >= 0.3 is 12.1 Å². The van der Waals surface area contributed by atoms with Crippen molar-refractivity contribution in [3.05, 3.63) is 72.6 Å². The largest absolute Gasteiger partial charge is 0.480 e. The Morgan fingerprint density at radius 3 is 2.19 bits per heavy atom. The zero-order valence-electron chi connectivity index (χ0n) is 15.6. The van der Waals surface area contributed by atoms with E-state index >= 15 is 0 Å². The molecule has 0 heterocycles. The number of halogens is 7. The van der Waals surface area contributed by atoms with Crippen molar-refractivity contribution >= 4 is 68.7 Å². The van der Waals surface area contributed by atoms with Gasteiger partial charge in [0, 0.05) is 4.47 Å². The zero-order chi connectivity index (χ0) is 23.5. The average Bonchev–Trinajstić information content (AvgIpc) is 2.64. The summed E-state index contributed by atoms with van der Waals surface area (Å²) in [5.41, 5.74) is 0.324. The number of rotatable bonds is 6. The van der Waals surface area contributed by atoms with Gasteiger partial charge in [-0.3, -0.25) is 9.59 Å². The maximum absolute atomic E-state index is 13.6. The van der Waals surface area contributed by atoms with E-state index in [9.17, 15) is 22.8 Å². The van der Waals surface area contributed by atoms with Gasteiger partial charge in [-0.2, -0.15) is 13.2 Å². The molecule has 4 nitrogen and oxygen atoms in total. The second-order valence-electron chi connectivity index (χ2n) is 6.45. The third kappa shape index (κ3) is 6.62. The molecule has 11 heteroatoms. The van der Waals surface area contributed by atoms with E-state index in [1.807, 2.05) is 0 Å². The molecule has 0 fully saturated rings. The number of aliphatic carboxylic acids is 1. The van der Waals surface area contributed by atoms with Crippen molar-refractivity contribution in [2.75, 3.05) is 0 Å². The minimum absolute atomic E-state index is 0.0352. The first-order chi connectivity index (χ1) is 14.3. The van der Waals surface area contributed by atoms with Gasteiger partial charge in [-0.1, -0.05) is 53.0 Å². The normalized spacial score (nSPS) is 13.8. The number of carbonyl (C=O) groups is 2.